The average Bonchev–Trinajstić information content (AvgIpc) is 2.74. The van der Waals surface area contributed by atoms with Crippen molar-refractivity contribution in [2.24, 2.45) is 0 Å². The Morgan fingerprint density at radius 3 is 2.48 bits per heavy atom. The molecule has 0 N–H and O–H groups in total. The molecule has 2 aromatic rings. The Labute approximate surface area is 170 Å². The summed E-state index contributed by atoms with van der Waals surface area (Å²) in [6.07, 6.45) is 3.95. The van der Waals surface area contributed by atoms with Crippen molar-refractivity contribution in [3.63, 3.8) is 0 Å². The number of halogens is 2. The summed E-state index contributed by atoms with van der Waals surface area (Å²) in [6.45, 7) is 2.30. The number of benzene rings is 2. The van der Waals surface area contributed by atoms with E-state index in [9.17, 15) is 8.78 Å². The van der Waals surface area contributed by atoms with Gasteiger partial charge < -0.3 is 18.9 Å². The number of hydrogen-bond acceptors (Lipinski definition) is 4. The highest BCUT2D eigenvalue weighted by Crippen LogP contribution is 2.22. The lowest BCUT2D eigenvalue weighted by atomic mass is 10.1. The molecule has 3 rings (SSSR count). The number of rotatable bonds is 11. The van der Waals surface area contributed by atoms with Crippen molar-refractivity contribution in [2.75, 3.05) is 26.4 Å². The van der Waals surface area contributed by atoms with Crippen LogP contribution in [0.2, 0.25) is 0 Å². The van der Waals surface area contributed by atoms with Gasteiger partial charge in [-0.3, -0.25) is 0 Å². The lowest BCUT2D eigenvalue weighted by Crippen LogP contribution is -2.23. The van der Waals surface area contributed by atoms with Crippen LogP contribution in [0.25, 0.3) is 0 Å². The highest BCUT2D eigenvalue weighted by Gasteiger charge is 2.14. The minimum atomic E-state index is -0.616. The zero-order valence-corrected chi connectivity index (χ0v) is 16.6. The van der Waals surface area contributed by atoms with E-state index in [-0.39, 0.29) is 37.2 Å². The Bertz CT molecular complexity index is 710. The SMILES string of the molecule is Fc1cc(OCc2ccccc2)cc(F)c1CCOCCCOC1CCCCO1. The summed E-state index contributed by atoms with van der Waals surface area (Å²) in [5.74, 6) is -1.06. The van der Waals surface area contributed by atoms with Crippen LogP contribution in [0.1, 0.15) is 36.8 Å². The summed E-state index contributed by atoms with van der Waals surface area (Å²) in [5, 5.41) is 0. The first-order chi connectivity index (χ1) is 14.2. The highest BCUT2D eigenvalue weighted by atomic mass is 19.1. The van der Waals surface area contributed by atoms with E-state index in [2.05, 4.69) is 0 Å². The normalized spacial score (nSPS) is 16.7. The maximum atomic E-state index is 14.3. The molecule has 1 fully saturated rings. The lowest BCUT2D eigenvalue weighted by molar-refractivity contribution is -0.164. The monoisotopic (exact) mass is 406 g/mol. The van der Waals surface area contributed by atoms with Crippen LogP contribution in [0.3, 0.4) is 0 Å². The molecule has 1 heterocycles. The molecule has 1 saturated heterocycles. The van der Waals surface area contributed by atoms with Gasteiger partial charge in [0, 0.05) is 37.3 Å². The van der Waals surface area contributed by atoms with Crippen LogP contribution in [0, 0.1) is 11.6 Å². The minimum Gasteiger partial charge on any atom is -0.489 e. The molecule has 6 heteroatoms. The molecule has 158 valence electrons. The molecule has 0 aliphatic carbocycles. The van der Waals surface area contributed by atoms with Crippen molar-refractivity contribution < 1.29 is 27.7 Å². The zero-order valence-electron chi connectivity index (χ0n) is 16.6. The zero-order chi connectivity index (χ0) is 20.3. The first-order valence-corrected chi connectivity index (χ1v) is 10.2. The Morgan fingerprint density at radius 1 is 0.966 bits per heavy atom. The maximum absolute atomic E-state index is 14.3. The van der Waals surface area contributed by atoms with E-state index in [1.807, 2.05) is 30.3 Å². The molecule has 0 aromatic heterocycles. The van der Waals surface area contributed by atoms with Gasteiger partial charge in [0.2, 0.25) is 0 Å². The minimum absolute atomic E-state index is 0.0175. The summed E-state index contributed by atoms with van der Waals surface area (Å²) < 4.78 is 50.6. The third kappa shape index (κ3) is 7.38. The molecule has 0 bridgehead atoms. The lowest BCUT2D eigenvalue weighted by Gasteiger charge is -2.22. The van der Waals surface area contributed by atoms with Crippen molar-refractivity contribution in [3.8, 4) is 5.75 Å². The van der Waals surface area contributed by atoms with Crippen molar-refractivity contribution in [3.05, 3.63) is 65.2 Å². The summed E-state index contributed by atoms with van der Waals surface area (Å²) in [7, 11) is 0. The molecule has 0 saturated carbocycles. The van der Waals surface area contributed by atoms with Gasteiger partial charge in [-0.25, -0.2) is 8.78 Å². The molecule has 0 radical (unpaired) electrons. The van der Waals surface area contributed by atoms with Crippen LogP contribution >= 0.6 is 0 Å². The van der Waals surface area contributed by atoms with Gasteiger partial charge in [0.15, 0.2) is 6.29 Å². The summed E-state index contributed by atoms with van der Waals surface area (Å²) in [6, 6.07) is 11.9. The molecule has 0 spiro atoms. The Morgan fingerprint density at radius 2 is 1.76 bits per heavy atom. The molecule has 0 amide bonds. The summed E-state index contributed by atoms with van der Waals surface area (Å²) in [5.41, 5.74) is 0.953. The second-order valence-electron chi connectivity index (χ2n) is 7.02. The standard InChI is InChI=1S/C23H28F2O4/c24-21-15-19(29-17-18-7-2-1-3-8-18)16-22(25)20(21)10-14-26-11-6-13-28-23-9-4-5-12-27-23/h1-3,7-8,15-16,23H,4-6,9-14,17H2. The third-order valence-corrected chi connectivity index (χ3v) is 4.73. The topological polar surface area (TPSA) is 36.9 Å². The Kier molecular flexibility index (Phi) is 8.86. The van der Waals surface area contributed by atoms with Crippen LogP contribution < -0.4 is 4.74 Å². The average molecular weight is 406 g/mol. The number of ether oxygens (including phenoxy) is 4. The fourth-order valence-corrected chi connectivity index (χ4v) is 3.14. The van der Waals surface area contributed by atoms with Crippen molar-refractivity contribution in [1.29, 1.82) is 0 Å². The molecule has 1 unspecified atom stereocenters. The number of hydrogen-bond donors (Lipinski definition) is 0. The van der Waals surface area contributed by atoms with E-state index in [0.29, 0.717) is 13.2 Å². The van der Waals surface area contributed by atoms with Gasteiger partial charge in [-0.1, -0.05) is 30.3 Å². The Hall–Kier alpha value is -2.02. The maximum Gasteiger partial charge on any atom is 0.157 e. The van der Waals surface area contributed by atoms with E-state index in [4.69, 9.17) is 18.9 Å². The summed E-state index contributed by atoms with van der Waals surface area (Å²) in [4.78, 5) is 0. The van der Waals surface area contributed by atoms with Gasteiger partial charge >= 0.3 is 0 Å². The van der Waals surface area contributed by atoms with Gasteiger partial charge in [0.05, 0.1) is 13.2 Å². The van der Waals surface area contributed by atoms with E-state index >= 15 is 0 Å². The van der Waals surface area contributed by atoms with E-state index < -0.39 is 11.6 Å². The Balaban J connectivity index is 1.34. The largest absolute Gasteiger partial charge is 0.489 e. The van der Waals surface area contributed by atoms with Crippen LogP contribution in [-0.4, -0.2) is 32.7 Å². The fourth-order valence-electron chi connectivity index (χ4n) is 3.14. The van der Waals surface area contributed by atoms with E-state index in [0.717, 1.165) is 37.9 Å². The molecule has 1 aliphatic rings. The van der Waals surface area contributed by atoms with Crippen molar-refractivity contribution in [1.82, 2.24) is 0 Å². The third-order valence-electron chi connectivity index (χ3n) is 4.73. The van der Waals surface area contributed by atoms with Gasteiger partial charge in [-0.2, -0.15) is 0 Å². The van der Waals surface area contributed by atoms with Gasteiger partial charge in [-0.15, -0.1) is 0 Å². The molecule has 1 atom stereocenters. The first kappa shape index (κ1) is 21.7. The van der Waals surface area contributed by atoms with Gasteiger partial charge in [0.25, 0.3) is 0 Å². The molecular weight excluding hydrogens is 378 g/mol. The van der Waals surface area contributed by atoms with Crippen LogP contribution in [0.5, 0.6) is 5.75 Å². The summed E-state index contributed by atoms with van der Waals surface area (Å²) >= 11 is 0. The van der Waals surface area contributed by atoms with E-state index in [1.54, 1.807) is 0 Å². The molecule has 29 heavy (non-hydrogen) atoms. The smallest absolute Gasteiger partial charge is 0.157 e. The van der Waals surface area contributed by atoms with Crippen LogP contribution in [0.15, 0.2) is 42.5 Å². The fraction of sp³-hybridized carbons (Fsp3) is 0.478. The predicted octanol–water partition coefficient (Wildman–Crippen LogP) is 5.04. The van der Waals surface area contributed by atoms with Crippen LogP contribution in [0.4, 0.5) is 8.78 Å². The van der Waals surface area contributed by atoms with Crippen LogP contribution in [-0.2, 0) is 27.2 Å². The van der Waals surface area contributed by atoms with Gasteiger partial charge in [-0.05, 0) is 31.2 Å². The highest BCUT2D eigenvalue weighted by molar-refractivity contribution is 5.31. The second kappa shape index (κ2) is 11.9. The van der Waals surface area contributed by atoms with E-state index in [1.165, 1.54) is 12.1 Å². The molecule has 4 nitrogen and oxygen atoms in total. The van der Waals surface area contributed by atoms with Crippen molar-refractivity contribution in [2.45, 2.75) is 45.0 Å². The predicted molar refractivity (Wildman–Crippen MR) is 106 cm³/mol. The quantitative estimate of drug-likeness (QED) is 0.490. The second-order valence-corrected chi connectivity index (χ2v) is 7.02. The molecule has 2 aromatic carbocycles. The first-order valence-electron chi connectivity index (χ1n) is 10.2. The van der Waals surface area contributed by atoms with Gasteiger partial charge in [0.1, 0.15) is 24.0 Å². The molecular formula is C23H28F2O4. The molecule has 1 aliphatic heterocycles. The van der Waals surface area contributed by atoms with Crippen molar-refractivity contribution >= 4 is 0 Å².